The van der Waals surface area contributed by atoms with Crippen molar-refractivity contribution < 1.29 is 91.2 Å². The molecule has 2 saturated carbocycles. The number of esters is 8. The number of ether oxygens (including phenoxy) is 9. The molecule has 4 bridgehead atoms. The van der Waals surface area contributed by atoms with Crippen LogP contribution in [0.15, 0.2) is 79.0 Å². The van der Waals surface area contributed by atoms with Crippen molar-refractivity contribution in [3.63, 3.8) is 0 Å². The van der Waals surface area contributed by atoms with Gasteiger partial charge in [-0.15, -0.1) is 0 Å². The van der Waals surface area contributed by atoms with Crippen LogP contribution in [0.4, 0.5) is 0 Å². The third-order valence-electron chi connectivity index (χ3n) is 13.1. The van der Waals surface area contributed by atoms with E-state index in [4.69, 9.17) is 42.6 Å². The highest BCUT2D eigenvalue weighted by Crippen LogP contribution is 2.70. The predicted molar refractivity (Wildman–Crippen MR) is 227 cm³/mol. The minimum absolute atomic E-state index is 0.0782. The number of cyclic esters (lactones) is 1. The van der Waals surface area contributed by atoms with Crippen LogP contribution in [0.1, 0.15) is 91.7 Å². The van der Waals surface area contributed by atoms with Gasteiger partial charge in [0.05, 0.1) is 28.3 Å². The van der Waals surface area contributed by atoms with Crippen molar-refractivity contribution in [2.24, 2.45) is 11.3 Å². The molecule has 20 heteroatoms. The molecule has 2 aliphatic carbocycles. The molecule has 4 aliphatic rings. The molecule has 1 aromatic heterocycles. The molecule has 0 unspecified atom stereocenters. The van der Waals surface area contributed by atoms with E-state index in [1.807, 2.05) is 0 Å². The topological polar surface area (TPSA) is 273 Å². The second-order valence-electron chi connectivity index (χ2n) is 17.9. The van der Waals surface area contributed by atoms with E-state index in [9.17, 15) is 48.6 Å². The number of carbonyl (C=O) groups excluding carboxylic acids is 8. The lowest BCUT2D eigenvalue weighted by Gasteiger charge is -2.67. The van der Waals surface area contributed by atoms with Crippen LogP contribution < -0.4 is 0 Å². The van der Waals surface area contributed by atoms with E-state index in [2.05, 4.69) is 4.98 Å². The van der Waals surface area contributed by atoms with Crippen molar-refractivity contribution in [3.05, 3.63) is 101 Å². The van der Waals surface area contributed by atoms with E-state index >= 15 is 0 Å². The average molecular weight is 946 g/mol. The quantitative estimate of drug-likeness (QED) is 0.230. The summed E-state index contributed by atoms with van der Waals surface area (Å²) >= 11 is 0. The normalized spacial score (nSPS) is 34.0. The van der Waals surface area contributed by atoms with Gasteiger partial charge in [-0.25, -0.2) is 19.2 Å². The molecule has 0 radical (unpaired) electrons. The molecule has 20 nitrogen and oxygen atoms in total. The Morgan fingerprint density at radius 2 is 1.25 bits per heavy atom. The number of carbonyl (C=O) groups is 8. The first-order valence-electron chi connectivity index (χ1n) is 21.6. The molecule has 7 rings (SSSR count). The zero-order valence-electron chi connectivity index (χ0n) is 38.2. The zero-order chi connectivity index (χ0) is 49.6. The molecule has 2 aromatic carbocycles. The van der Waals surface area contributed by atoms with Crippen LogP contribution >= 0.6 is 0 Å². The largest absolute Gasteiger partial charge is 0.465 e. The molecule has 362 valence electrons. The molecule has 1 spiro atoms. The number of benzene rings is 2. The summed E-state index contributed by atoms with van der Waals surface area (Å²) in [7, 11) is 0. The van der Waals surface area contributed by atoms with Crippen LogP contribution in [0, 0.1) is 11.3 Å². The standard InChI is InChI=1S/C48H51NO19/c1-25(50)60-24-47-38(64-28(4)53)34(62-26(2)51)33-36(63-27(3)52)48(47)46(7,59)37(35(65-40(54)29-15-10-8-11-16-29)39(47)66-41(55)30-17-12-9-13-18-30)67-43(57)44(5,58)21-20-32-31(19-14-22-49-32)42(56)61-23-45(33,6)68-48/h8-19,22,33-39,58-59H,20-21,23-24H2,1-7H3/t33-,34+,35+,36+,37-,38-,39+,44-,45-,46-,47-,48+/m0/s1. The van der Waals surface area contributed by atoms with Crippen LogP contribution in [0.3, 0.4) is 0 Å². The number of aromatic nitrogens is 1. The fraction of sp³-hybridized carbons (Fsp3) is 0.479. The number of hydrogen-bond acceptors (Lipinski definition) is 20. The lowest BCUT2D eigenvalue weighted by molar-refractivity contribution is -0.385. The van der Waals surface area contributed by atoms with Crippen molar-refractivity contribution in [1.29, 1.82) is 0 Å². The van der Waals surface area contributed by atoms with Gasteiger partial charge < -0.3 is 52.8 Å². The van der Waals surface area contributed by atoms with Crippen LogP contribution in [0.5, 0.6) is 0 Å². The number of rotatable bonds is 9. The summed E-state index contributed by atoms with van der Waals surface area (Å²) in [5.41, 5.74) is -13.7. The van der Waals surface area contributed by atoms with Crippen molar-refractivity contribution in [3.8, 4) is 0 Å². The molecule has 68 heavy (non-hydrogen) atoms. The molecule has 0 amide bonds. The Balaban J connectivity index is 1.65. The summed E-state index contributed by atoms with van der Waals surface area (Å²) in [5, 5.41) is 25.8. The highest BCUT2D eigenvalue weighted by atomic mass is 16.7. The number of hydrogen-bond donors (Lipinski definition) is 2. The second-order valence-corrected chi connectivity index (χ2v) is 17.9. The second kappa shape index (κ2) is 18.4. The Morgan fingerprint density at radius 1 is 0.691 bits per heavy atom. The fourth-order valence-corrected chi connectivity index (χ4v) is 10.3. The van der Waals surface area contributed by atoms with Gasteiger partial charge in [0.25, 0.3) is 0 Å². The molecular formula is C48H51NO19. The lowest BCUT2D eigenvalue weighted by Crippen LogP contribution is -2.89. The first-order valence-corrected chi connectivity index (χ1v) is 21.6. The maximum absolute atomic E-state index is 14.7. The highest BCUT2D eigenvalue weighted by molar-refractivity contribution is 5.91. The van der Waals surface area contributed by atoms with E-state index in [0.29, 0.717) is 0 Å². The van der Waals surface area contributed by atoms with E-state index in [0.717, 1.165) is 41.5 Å². The molecule has 2 N–H and O–H groups in total. The monoisotopic (exact) mass is 945 g/mol. The van der Waals surface area contributed by atoms with Gasteiger partial charge in [0.15, 0.2) is 35.6 Å². The van der Waals surface area contributed by atoms with Crippen LogP contribution in [0.25, 0.3) is 0 Å². The number of nitrogens with zero attached hydrogens (tertiary/aromatic N) is 1. The van der Waals surface area contributed by atoms with Gasteiger partial charge in [-0.2, -0.15) is 0 Å². The maximum Gasteiger partial charge on any atom is 0.340 e. The van der Waals surface area contributed by atoms with Gasteiger partial charge in [0.2, 0.25) is 0 Å². The highest BCUT2D eigenvalue weighted by Gasteiger charge is 2.92. The van der Waals surface area contributed by atoms with Gasteiger partial charge in [-0.1, -0.05) is 36.4 Å². The Morgan fingerprint density at radius 3 is 1.82 bits per heavy atom. The van der Waals surface area contributed by atoms with Gasteiger partial charge in [-0.05, 0) is 70.0 Å². The summed E-state index contributed by atoms with van der Waals surface area (Å²) in [6.07, 6.45) is -12.4. The van der Waals surface area contributed by atoms with Crippen molar-refractivity contribution in [1.82, 2.24) is 4.98 Å². The number of aliphatic hydroxyl groups is 2. The Labute approximate surface area is 389 Å². The molecular weight excluding hydrogens is 895 g/mol. The lowest BCUT2D eigenvalue weighted by atomic mass is 9.45. The Kier molecular flexibility index (Phi) is 13.3. The van der Waals surface area contributed by atoms with Gasteiger partial charge in [0, 0.05) is 33.9 Å². The SMILES string of the molecule is CC(=O)OC[C@]12[C@H](OC(=O)c3ccccc3)[C@H](OC(=O)c3ccccc3)[C@@H]3OC(=O)[C@@](C)(O)CCc4ncccc4C(=O)OC[C@]4(C)O[C@]1([C@H](OC(C)=O)[C@@H]4[C@@H](OC(C)=O)[C@@H]2OC(C)=O)[C@@]3(C)O. The Bertz CT molecular complexity index is 2490. The third kappa shape index (κ3) is 8.44. The van der Waals surface area contributed by atoms with E-state index in [1.165, 1.54) is 73.8 Å². The van der Waals surface area contributed by atoms with Crippen molar-refractivity contribution >= 4 is 47.8 Å². The average Bonchev–Trinajstić information content (AvgIpc) is 3.50. The molecule has 3 aromatic rings. The van der Waals surface area contributed by atoms with Crippen molar-refractivity contribution in [2.45, 2.75) is 120 Å². The molecule has 3 heterocycles. The van der Waals surface area contributed by atoms with Gasteiger partial charge >= 0.3 is 47.8 Å². The maximum atomic E-state index is 14.7. The van der Waals surface area contributed by atoms with E-state index in [-0.39, 0.29) is 28.8 Å². The minimum atomic E-state index is -3.03. The Hall–Kier alpha value is -6.77. The summed E-state index contributed by atoms with van der Waals surface area (Å²) in [5.74, 6) is -10.7. The predicted octanol–water partition coefficient (Wildman–Crippen LogP) is 2.57. The van der Waals surface area contributed by atoms with Crippen LogP contribution in [-0.4, -0.2) is 135 Å². The summed E-state index contributed by atoms with van der Waals surface area (Å²) in [6.45, 7) is 5.41. The van der Waals surface area contributed by atoms with E-state index < -0.39 is 138 Å². The zero-order valence-corrected chi connectivity index (χ0v) is 38.2. The van der Waals surface area contributed by atoms with Crippen LogP contribution in [0.2, 0.25) is 0 Å². The fourth-order valence-electron chi connectivity index (χ4n) is 10.3. The molecule has 1 saturated heterocycles. The number of pyridine rings is 1. The number of fused-ring (bicyclic) bond motifs is 5. The smallest absolute Gasteiger partial charge is 0.340 e. The summed E-state index contributed by atoms with van der Waals surface area (Å²) in [4.78, 5) is 116. The van der Waals surface area contributed by atoms with Crippen LogP contribution in [-0.2, 0) is 73.0 Å². The number of aryl methyl sites for hydroxylation is 1. The first kappa shape index (κ1) is 49.1. The molecule has 12 atom stereocenters. The first-order chi connectivity index (χ1) is 32.0. The van der Waals surface area contributed by atoms with Gasteiger partial charge in [0.1, 0.15) is 42.0 Å². The molecule has 2 aliphatic heterocycles. The third-order valence-corrected chi connectivity index (χ3v) is 13.1. The summed E-state index contributed by atoms with van der Waals surface area (Å²) < 4.78 is 56.1. The van der Waals surface area contributed by atoms with Crippen molar-refractivity contribution in [2.75, 3.05) is 13.2 Å². The van der Waals surface area contributed by atoms with E-state index in [1.54, 1.807) is 12.1 Å². The summed E-state index contributed by atoms with van der Waals surface area (Å²) in [6, 6.07) is 17.4. The molecule has 3 fully saturated rings. The minimum Gasteiger partial charge on any atom is -0.465 e. The van der Waals surface area contributed by atoms with Gasteiger partial charge in [-0.3, -0.25) is 24.2 Å².